The highest BCUT2D eigenvalue weighted by Gasteiger charge is 2.22. The fourth-order valence-corrected chi connectivity index (χ4v) is 2.65. The molecule has 0 amide bonds. The van der Waals surface area contributed by atoms with Gasteiger partial charge in [0, 0.05) is 11.3 Å². The molecule has 1 fully saturated rings. The lowest BCUT2D eigenvalue weighted by atomic mass is 9.95. The Morgan fingerprint density at radius 3 is 2.44 bits per heavy atom. The maximum atomic E-state index is 11.2. The van der Waals surface area contributed by atoms with Crippen LogP contribution in [-0.2, 0) is 0 Å². The first-order chi connectivity index (χ1) is 7.61. The van der Waals surface area contributed by atoms with Crippen molar-refractivity contribution in [2.45, 2.75) is 52.0 Å². The quantitative estimate of drug-likeness (QED) is 0.743. The van der Waals surface area contributed by atoms with E-state index in [-0.39, 0.29) is 0 Å². The molecule has 0 N–H and O–H groups in total. The topological polar surface area (TPSA) is 34.9 Å². The molecule has 0 aromatic carbocycles. The maximum Gasteiger partial charge on any atom is 0.272 e. The van der Waals surface area contributed by atoms with Crippen molar-refractivity contribution in [1.82, 2.24) is 9.78 Å². The average Bonchev–Trinajstić information content (AvgIpc) is 2.58. The second kappa shape index (κ2) is 4.58. The molecule has 0 spiro atoms. The minimum atomic E-state index is -0.449. The molecule has 4 heteroatoms. The van der Waals surface area contributed by atoms with Crippen molar-refractivity contribution in [3.8, 4) is 0 Å². The van der Waals surface area contributed by atoms with E-state index in [4.69, 9.17) is 11.6 Å². The lowest BCUT2D eigenvalue weighted by Gasteiger charge is -2.23. The fraction of sp³-hybridized carbons (Fsp3) is 0.667. The summed E-state index contributed by atoms with van der Waals surface area (Å²) in [4.78, 5) is 11.2. The van der Waals surface area contributed by atoms with Gasteiger partial charge in [0.25, 0.3) is 5.24 Å². The molecule has 0 aliphatic heterocycles. The third-order valence-corrected chi connectivity index (χ3v) is 3.74. The highest BCUT2D eigenvalue weighted by atomic mass is 35.5. The van der Waals surface area contributed by atoms with Crippen LogP contribution in [0.25, 0.3) is 0 Å². The molecule has 0 unspecified atom stereocenters. The van der Waals surface area contributed by atoms with Crippen LogP contribution in [0, 0.1) is 13.8 Å². The number of aromatic nitrogens is 2. The van der Waals surface area contributed by atoms with E-state index in [1.807, 2.05) is 18.5 Å². The molecule has 1 aliphatic carbocycles. The van der Waals surface area contributed by atoms with Gasteiger partial charge in [-0.3, -0.25) is 9.48 Å². The smallest absolute Gasteiger partial charge is 0.272 e. The van der Waals surface area contributed by atoms with Crippen LogP contribution in [0.3, 0.4) is 0 Å². The third-order valence-electron chi connectivity index (χ3n) is 3.56. The fourth-order valence-electron chi connectivity index (χ4n) is 2.47. The van der Waals surface area contributed by atoms with Gasteiger partial charge in [-0.2, -0.15) is 5.10 Å². The van der Waals surface area contributed by atoms with Crippen molar-refractivity contribution >= 4 is 16.8 Å². The Labute approximate surface area is 101 Å². The summed E-state index contributed by atoms with van der Waals surface area (Å²) in [5.41, 5.74) is 2.42. The lowest BCUT2D eigenvalue weighted by Crippen LogP contribution is -2.15. The van der Waals surface area contributed by atoms with Gasteiger partial charge in [-0.1, -0.05) is 19.3 Å². The first kappa shape index (κ1) is 11.6. The Balaban J connectivity index is 2.33. The van der Waals surface area contributed by atoms with Gasteiger partial charge in [-0.25, -0.2) is 0 Å². The summed E-state index contributed by atoms with van der Waals surface area (Å²) in [6, 6.07) is 0.456. The molecular weight excluding hydrogens is 224 g/mol. The molecular formula is C12H17ClN2O. The molecule has 16 heavy (non-hydrogen) atoms. The largest absolute Gasteiger partial charge is 0.274 e. The molecule has 0 saturated heterocycles. The predicted octanol–water partition coefficient (Wildman–Crippen LogP) is 3.38. The number of hydrogen-bond donors (Lipinski definition) is 0. The number of nitrogens with zero attached hydrogens (tertiary/aromatic N) is 2. The summed E-state index contributed by atoms with van der Waals surface area (Å²) in [5, 5.41) is 3.92. The van der Waals surface area contributed by atoms with Crippen LogP contribution in [0.2, 0.25) is 0 Å². The van der Waals surface area contributed by atoms with E-state index < -0.39 is 5.24 Å². The Bertz CT molecular complexity index is 405. The molecule has 1 aliphatic rings. The second-order valence-corrected chi connectivity index (χ2v) is 4.91. The van der Waals surface area contributed by atoms with E-state index in [1.165, 1.54) is 19.3 Å². The monoisotopic (exact) mass is 240 g/mol. The average molecular weight is 241 g/mol. The van der Waals surface area contributed by atoms with E-state index in [9.17, 15) is 4.79 Å². The second-order valence-electron chi connectivity index (χ2n) is 4.57. The van der Waals surface area contributed by atoms with Gasteiger partial charge in [0.05, 0.1) is 6.04 Å². The Hall–Kier alpha value is -0.830. The van der Waals surface area contributed by atoms with Crippen LogP contribution in [0.15, 0.2) is 0 Å². The molecule has 0 radical (unpaired) electrons. The summed E-state index contributed by atoms with van der Waals surface area (Å²) in [7, 11) is 0. The minimum absolute atomic E-state index is 0.421. The van der Waals surface area contributed by atoms with Crippen LogP contribution in [0.1, 0.15) is 59.9 Å². The molecule has 88 valence electrons. The zero-order chi connectivity index (χ0) is 11.7. The van der Waals surface area contributed by atoms with Crippen molar-refractivity contribution in [2.24, 2.45) is 0 Å². The van der Waals surface area contributed by atoms with Crippen LogP contribution < -0.4 is 0 Å². The minimum Gasteiger partial charge on any atom is -0.274 e. The normalized spacial score (nSPS) is 17.7. The molecule has 1 saturated carbocycles. The number of carbonyl (C=O) groups is 1. The van der Waals surface area contributed by atoms with Gasteiger partial charge in [0.1, 0.15) is 5.69 Å². The number of rotatable bonds is 2. The summed E-state index contributed by atoms with van der Waals surface area (Å²) < 4.78 is 2.00. The van der Waals surface area contributed by atoms with Gasteiger partial charge >= 0.3 is 0 Å². The van der Waals surface area contributed by atoms with E-state index in [1.54, 1.807) is 0 Å². The SMILES string of the molecule is Cc1c(C(=O)Cl)nn(C2CCCCC2)c1C. The zero-order valence-corrected chi connectivity index (χ0v) is 10.5. The van der Waals surface area contributed by atoms with Crippen molar-refractivity contribution in [3.05, 3.63) is 17.0 Å². The Morgan fingerprint density at radius 1 is 1.31 bits per heavy atom. The predicted molar refractivity (Wildman–Crippen MR) is 64.0 cm³/mol. The Kier molecular flexibility index (Phi) is 3.33. The highest BCUT2D eigenvalue weighted by Crippen LogP contribution is 2.30. The summed E-state index contributed by atoms with van der Waals surface area (Å²) in [6.45, 7) is 3.93. The molecule has 1 aromatic rings. The molecule has 2 rings (SSSR count). The first-order valence-electron chi connectivity index (χ1n) is 5.87. The van der Waals surface area contributed by atoms with Gasteiger partial charge in [-0.05, 0) is 38.3 Å². The highest BCUT2D eigenvalue weighted by molar-refractivity contribution is 6.67. The standard InChI is InChI=1S/C12H17ClN2O/c1-8-9(2)15(14-11(8)12(13)16)10-6-4-3-5-7-10/h10H,3-7H2,1-2H3. The zero-order valence-electron chi connectivity index (χ0n) is 9.79. The van der Waals surface area contributed by atoms with Crippen LogP contribution in [0.4, 0.5) is 0 Å². The maximum absolute atomic E-state index is 11.2. The lowest BCUT2D eigenvalue weighted by molar-refractivity contribution is 0.107. The molecule has 0 atom stereocenters. The van der Waals surface area contributed by atoms with Gasteiger partial charge < -0.3 is 0 Å². The summed E-state index contributed by atoms with van der Waals surface area (Å²) >= 11 is 5.52. The molecule has 1 aromatic heterocycles. The van der Waals surface area contributed by atoms with Gasteiger partial charge in [0.15, 0.2) is 0 Å². The van der Waals surface area contributed by atoms with Crippen molar-refractivity contribution in [1.29, 1.82) is 0 Å². The first-order valence-corrected chi connectivity index (χ1v) is 6.24. The van der Waals surface area contributed by atoms with Gasteiger partial charge in [-0.15, -0.1) is 0 Å². The van der Waals surface area contributed by atoms with Crippen molar-refractivity contribution in [3.63, 3.8) is 0 Å². The van der Waals surface area contributed by atoms with Crippen molar-refractivity contribution in [2.75, 3.05) is 0 Å². The Morgan fingerprint density at radius 2 is 1.94 bits per heavy atom. The van der Waals surface area contributed by atoms with Crippen LogP contribution >= 0.6 is 11.6 Å². The summed E-state index contributed by atoms with van der Waals surface area (Å²) in [5.74, 6) is 0. The van der Waals surface area contributed by atoms with Crippen LogP contribution in [0.5, 0.6) is 0 Å². The number of halogens is 1. The van der Waals surface area contributed by atoms with E-state index in [0.29, 0.717) is 11.7 Å². The van der Waals surface area contributed by atoms with Gasteiger partial charge in [0.2, 0.25) is 0 Å². The molecule has 3 nitrogen and oxygen atoms in total. The third kappa shape index (κ3) is 2.01. The molecule has 0 bridgehead atoms. The van der Waals surface area contributed by atoms with E-state index in [2.05, 4.69) is 5.10 Å². The number of hydrogen-bond acceptors (Lipinski definition) is 2. The number of carbonyl (C=O) groups excluding carboxylic acids is 1. The van der Waals surface area contributed by atoms with Crippen LogP contribution in [-0.4, -0.2) is 15.0 Å². The van der Waals surface area contributed by atoms with E-state index >= 15 is 0 Å². The van der Waals surface area contributed by atoms with Crippen molar-refractivity contribution < 1.29 is 4.79 Å². The summed E-state index contributed by atoms with van der Waals surface area (Å²) in [6.07, 6.45) is 6.16. The molecule has 1 heterocycles. The van der Waals surface area contributed by atoms with E-state index in [0.717, 1.165) is 24.1 Å².